The smallest absolute Gasteiger partial charge is 0.0475 e. The van der Waals surface area contributed by atoms with Gasteiger partial charge in [-0.05, 0) is 37.8 Å². The van der Waals surface area contributed by atoms with Gasteiger partial charge in [0, 0.05) is 24.7 Å². The number of rotatable bonds is 7. The van der Waals surface area contributed by atoms with Crippen molar-refractivity contribution in [2.24, 2.45) is 0 Å². The van der Waals surface area contributed by atoms with E-state index in [1.165, 1.54) is 31.2 Å². The third-order valence-corrected chi connectivity index (χ3v) is 4.14. The minimum Gasteiger partial charge on any atom is -0.312 e. The molecule has 0 spiro atoms. The van der Waals surface area contributed by atoms with E-state index in [0.717, 1.165) is 25.2 Å². The number of hydrogen-bond acceptors (Lipinski definition) is 2. The molecule has 2 aliphatic rings. The van der Waals surface area contributed by atoms with Crippen LogP contribution in [0.4, 0.5) is 0 Å². The number of nitrogens with zero attached hydrogens (tertiary/aromatic N) is 1. The lowest BCUT2D eigenvalue weighted by Crippen LogP contribution is -2.38. The lowest BCUT2D eigenvalue weighted by molar-refractivity contribution is 0.192. The molecular formula is C16H24N2. The molecule has 1 aromatic rings. The molecule has 2 aliphatic carbocycles. The second kappa shape index (κ2) is 5.41. The van der Waals surface area contributed by atoms with Gasteiger partial charge in [0.1, 0.15) is 0 Å². The van der Waals surface area contributed by atoms with Crippen molar-refractivity contribution in [1.82, 2.24) is 10.2 Å². The van der Waals surface area contributed by atoms with Gasteiger partial charge in [-0.2, -0.15) is 0 Å². The van der Waals surface area contributed by atoms with Crippen LogP contribution in [0.5, 0.6) is 0 Å². The quantitative estimate of drug-likeness (QED) is 0.793. The lowest BCUT2D eigenvalue weighted by Gasteiger charge is -2.31. The molecule has 3 rings (SSSR count). The van der Waals surface area contributed by atoms with E-state index in [-0.39, 0.29) is 0 Å². The summed E-state index contributed by atoms with van der Waals surface area (Å²) in [6.45, 7) is 4.57. The Bertz CT molecular complexity index is 368. The second-order valence-electron chi connectivity index (χ2n) is 5.67. The molecule has 98 valence electrons. The van der Waals surface area contributed by atoms with E-state index in [1.54, 1.807) is 0 Å². The molecule has 0 radical (unpaired) electrons. The van der Waals surface area contributed by atoms with Gasteiger partial charge in [0.2, 0.25) is 0 Å². The second-order valence-corrected chi connectivity index (χ2v) is 5.67. The van der Waals surface area contributed by atoms with Gasteiger partial charge < -0.3 is 5.32 Å². The monoisotopic (exact) mass is 244 g/mol. The number of likely N-dealkylation sites (N-methyl/N-ethyl adjacent to an activating group) is 1. The molecule has 18 heavy (non-hydrogen) atoms. The molecule has 0 bridgehead atoms. The maximum Gasteiger partial charge on any atom is 0.0475 e. The largest absolute Gasteiger partial charge is 0.312 e. The van der Waals surface area contributed by atoms with Gasteiger partial charge in [0.25, 0.3) is 0 Å². The van der Waals surface area contributed by atoms with Gasteiger partial charge in [0.15, 0.2) is 0 Å². The van der Waals surface area contributed by atoms with Crippen LogP contribution >= 0.6 is 0 Å². The Morgan fingerprint density at radius 1 is 1.17 bits per heavy atom. The first kappa shape index (κ1) is 12.2. The zero-order valence-corrected chi connectivity index (χ0v) is 11.3. The Hall–Kier alpha value is -0.860. The van der Waals surface area contributed by atoms with E-state index >= 15 is 0 Å². The van der Waals surface area contributed by atoms with E-state index in [9.17, 15) is 0 Å². The van der Waals surface area contributed by atoms with E-state index in [2.05, 4.69) is 47.5 Å². The SMILES string of the molecule is CCN(C1CC1)C(CNC1CC1)c1ccccc1. The van der Waals surface area contributed by atoms with Gasteiger partial charge in [-0.25, -0.2) is 0 Å². The highest BCUT2D eigenvalue weighted by Crippen LogP contribution is 2.34. The fourth-order valence-corrected chi connectivity index (χ4v) is 2.81. The van der Waals surface area contributed by atoms with Gasteiger partial charge in [-0.3, -0.25) is 4.90 Å². The predicted molar refractivity (Wildman–Crippen MR) is 75.6 cm³/mol. The van der Waals surface area contributed by atoms with E-state index in [1.807, 2.05) is 0 Å². The van der Waals surface area contributed by atoms with Gasteiger partial charge >= 0.3 is 0 Å². The maximum atomic E-state index is 3.71. The topological polar surface area (TPSA) is 15.3 Å². The molecule has 1 N–H and O–H groups in total. The van der Waals surface area contributed by atoms with Crippen molar-refractivity contribution >= 4 is 0 Å². The van der Waals surface area contributed by atoms with Gasteiger partial charge in [-0.1, -0.05) is 37.3 Å². The van der Waals surface area contributed by atoms with Crippen molar-refractivity contribution < 1.29 is 0 Å². The molecule has 2 saturated carbocycles. The summed E-state index contributed by atoms with van der Waals surface area (Å²) in [5.41, 5.74) is 1.47. The first-order chi connectivity index (χ1) is 8.88. The zero-order valence-electron chi connectivity index (χ0n) is 11.3. The zero-order chi connectivity index (χ0) is 12.4. The van der Waals surface area contributed by atoms with Crippen molar-refractivity contribution in [1.29, 1.82) is 0 Å². The molecule has 2 heteroatoms. The summed E-state index contributed by atoms with van der Waals surface area (Å²) in [5, 5.41) is 3.71. The van der Waals surface area contributed by atoms with Crippen LogP contribution in [-0.4, -0.2) is 30.1 Å². The average Bonchev–Trinajstić information content (AvgIpc) is 3.28. The van der Waals surface area contributed by atoms with Crippen molar-refractivity contribution in [3.05, 3.63) is 35.9 Å². The average molecular weight is 244 g/mol. The predicted octanol–water partition coefficient (Wildman–Crippen LogP) is 2.96. The van der Waals surface area contributed by atoms with Gasteiger partial charge in [0.05, 0.1) is 0 Å². The fourth-order valence-electron chi connectivity index (χ4n) is 2.81. The Morgan fingerprint density at radius 2 is 1.89 bits per heavy atom. The van der Waals surface area contributed by atoms with Crippen molar-refractivity contribution in [3.63, 3.8) is 0 Å². The third-order valence-electron chi connectivity index (χ3n) is 4.14. The molecular weight excluding hydrogens is 220 g/mol. The minimum atomic E-state index is 0.560. The molecule has 0 aromatic heterocycles. The molecule has 1 unspecified atom stereocenters. The molecule has 1 aromatic carbocycles. The van der Waals surface area contributed by atoms with Crippen LogP contribution in [0, 0.1) is 0 Å². The lowest BCUT2D eigenvalue weighted by atomic mass is 10.0. The Labute approximate surface area is 110 Å². The molecule has 0 heterocycles. The summed E-state index contributed by atoms with van der Waals surface area (Å²) in [5.74, 6) is 0. The number of hydrogen-bond donors (Lipinski definition) is 1. The van der Waals surface area contributed by atoms with Crippen molar-refractivity contribution in [2.45, 2.75) is 50.7 Å². The Morgan fingerprint density at radius 3 is 2.44 bits per heavy atom. The first-order valence-corrected chi connectivity index (χ1v) is 7.42. The highest BCUT2D eigenvalue weighted by Gasteiger charge is 2.34. The molecule has 0 aliphatic heterocycles. The normalized spacial score (nSPS) is 21.2. The first-order valence-electron chi connectivity index (χ1n) is 7.42. The van der Waals surface area contributed by atoms with Gasteiger partial charge in [-0.15, -0.1) is 0 Å². The fraction of sp³-hybridized carbons (Fsp3) is 0.625. The standard InChI is InChI=1S/C16H24N2/c1-2-18(15-10-11-15)16(12-17-14-8-9-14)13-6-4-3-5-7-13/h3-7,14-17H,2,8-12H2,1H3. The summed E-state index contributed by atoms with van der Waals surface area (Å²) in [6, 6.07) is 13.2. The molecule has 0 amide bonds. The highest BCUT2D eigenvalue weighted by molar-refractivity contribution is 5.20. The molecule has 1 atom stereocenters. The van der Waals surface area contributed by atoms with Crippen molar-refractivity contribution in [2.75, 3.05) is 13.1 Å². The van der Waals surface area contributed by atoms with Crippen LogP contribution in [0.1, 0.15) is 44.2 Å². The van der Waals surface area contributed by atoms with Crippen LogP contribution in [0.3, 0.4) is 0 Å². The van der Waals surface area contributed by atoms with Crippen LogP contribution in [0.15, 0.2) is 30.3 Å². The number of nitrogens with one attached hydrogen (secondary N) is 1. The molecule has 2 nitrogen and oxygen atoms in total. The van der Waals surface area contributed by atoms with E-state index < -0.39 is 0 Å². The summed E-state index contributed by atoms with van der Waals surface area (Å²) >= 11 is 0. The van der Waals surface area contributed by atoms with E-state index in [4.69, 9.17) is 0 Å². The Balaban J connectivity index is 1.72. The maximum absolute atomic E-state index is 3.71. The molecule has 2 fully saturated rings. The minimum absolute atomic E-state index is 0.560. The van der Waals surface area contributed by atoms with E-state index in [0.29, 0.717) is 6.04 Å². The number of benzene rings is 1. The highest BCUT2D eigenvalue weighted by atomic mass is 15.2. The van der Waals surface area contributed by atoms with Crippen molar-refractivity contribution in [3.8, 4) is 0 Å². The Kier molecular flexibility index (Phi) is 3.67. The summed E-state index contributed by atoms with van der Waals surface area (Å²) in [4.78, 5) is 2.69. The van der Waals surface area contributed by atoms with Crippen LogP contribution in [-0.2, 0) is 0 Å². The summed E-state index contributed by atoms with van der Waals surface area (Å²) in [6.07, 6.45) is 5.52. The third kappa shape index (κ3) is 2.93. The van der Waals surface area contributed by atoms with Crippen LogP contribution in [0.2, 0.25) is 0 Å². The summed E-state index contributed by atoms with van der Waals surface area (Å²) < 4.78 is 0. The molecule has 0 saturated heterocycles. The van der Waals surface area contributed by atoms with Crippen LogP contribution < -0.4 is 5.32 Å². The summed E-state index contributed by atoms with van der Waals surface area (Å²) in [7, 11) is 0. The van der Waals surface area contributed by atoms with Crippen LogP contribution in [0.25, 0.3) is 0 Å².